The number of hydrogen-bond donors (Lipinski definition) is 2. The average molecular weight is 353 g/mol. The van der Waals surface area contributed by atoms with E-state index in [1.807, 2.05) is 30.3 Å². The van der Waals surface area contributed by atoms with Gasteiger partial charge in [0.2, 0.25) is 0 Å². The van der Waals surface area contributed by atoms with Crippen molar-refractivity contribution in [1.82, 2.24) is 14.9 Å². The summed E-state index contributed by atoms with van der Waals surface area (Å²) in [6.07, 6.45) is 5.65. The summed E-state index contributed by atoms with van der Waals surface area (Å²) in [5.74, 6) is -0.297. The van der Waals surface area contributed by atoms with E-state index in [0.717, 1.165) is 55.6 Å². The molecule has 0 unspecified atom stereocenters. The van der Waals surface area contributed by atoms with Gasteiger partial charge >= 0.3 is 0 Å². The van der Waals surface area contributed by atoms with Gasteiger partial charge in [-0.2, -0.15) is 0 Å². The molecule has 136 valence electrons. The number of benzene rings is 1. The fourth-order valence-electron chi connectivity index (χ4n) is 3.97. The Morgan fingerprint density at radius 2 is 1.92 bits per heavy atom. The molecule has 0 bridgehead atoms. The van der Waals surface area contributed by atoms with Crippen LogP contribution in [0.3, 0.4) is 0 Å². The lowest BCUT2D eigenvalue weighted by Crippen LogP contribution is -2.42. The quantitative estimate of drug-likeness (QED) is 0.744. The number of nitrogens with one attached hydrogen (secondary N) is 1. The van der Waals surface area contributed by atoms with E-state index in [0.29, 0.717) is 11.0 Å². The van der Waals surface area contributed by atoms with Crippen molar-refractivity contribution in [2.24, 2.45) is 0 Å². The molecule has 1 saturated heterocycles. The lowest BCUT2D eigenvalue weighted by atomic mass is 9.83. The largest absolute Gasteiger partial charge is 0.385 e. The third kappa shape index (κ3) is 3.02. The van der Waals surface area contributed by atoms with Crippen LogP contribution in [0.4, 0.5) is 4.39 Å². The standard InChI is InChI=1S/C21H24FN3O/c1-2-11-25-12-8-21(26,9-13-25)16-5-3-15(4-6-16)17-7-10-23-20-19(17)18(22)14-24-20/h3-7,10,14,26H,2,8-9,11-13H2,1H3,(H,23,24). The van der Waals surface area contributed by atoms with Crippen molar-refractivity contribution in [3.05, 3.63) is 54.1 Å². The van der Waals surface area contributed by atoms with Gasteiger partial charge in [-0.1, -0.05) is 31.2 Å². The molecule has 26 heavy (non-hydrogen) atoms. The van der Waals surface area contributed by atoms with Crippen molar-refractivity contribution >= 4 is 11.0 Å². The van der Waals surface area contributed by atoms with E-state index < -0.39 is 5.60 Å². The van der Waals surface area contributed by atoms with E-state index in [4.69, 9.17) is 0 Å². The fraction of sp³-hybridized carbons (Fsp3) is 0.381. The van der Waals surface area contributed by atoms with Crippen LogP contribution >= 0.6 is 0 Å². The number of nitrogens with zero attached hydrogens (tertiary/aromatic N) is 2. The highest BCUT2D eigenvalue weighted by Crippen LogP contribution is 2.35. The highest BCUT2D eigenvalue weighted by Gasteiger charge is 2.33. The number of fused-ring (bicyclic) bond motifs is 1. The molecule has 2 N–H and O–H groups in total. The molecule has 1 fully saturated rings. The number of likely N-dealkylation sites (tertiary alicyclic amines) is 1. The first-order valence-electron chi connectivity index (χ1n) is 9.28. The first-order chi connectivity index (χ1) is 12.6. The number of aromatic nitrogens is 2. The summed E-state index contributed by atoms with van der Waals surface area (Å²) in [5.41, 5.74) is 2.45. The van der Waals surface area contributed by atoms with Gasteiger partial charge in [-0.3, -0.25) is 0 Å². The van der Waals surface area contributed by atoms with Crippen molar-refractivity contribution in [3.8, 4) is 11.1 Å². The van der Waals surface area contributed by atoms with E-state index in [-0.39, 0.29) is 5.82 Å². The van der Waals surface area contributed by atoms with Crippen LogP contribution in [0.15, 0.2) is 42.7 Å². The van der Waals surface area contributed by atoms with E-state index in [1.165, 1.54) is 6.20 Å². The Labute approximate surface area is 152 Å². The molecule has 1 aliphatic rings. The lowest BCUT2D eigenvalue weighted by Gasteiger charge is -2.38. The van der Waals surface area contributed by atoms with Gasteiger partial charge in [-0.15, -0.1) is 0 Å². The number of halogens is 1. The average Bonchev–Trinajstić information content (AvgIpc) is 3.05. The zero-order valence-electron chi connectivity index (χ0n) is 15.0. The number of H-pyrrole nitrogens is 1. The van der Waals surface area contributed by atoms with Crippen molar-refractivity contribution in [2.75, 3.05) is 19.6 Å². The van der Waals surface area contributed by atoms with Crippen LogP contribution in [0, 0.1) is 5.82 Å². The fourth-order valence-corrected chi connectivity index (χ4v) is 3.97. The Morgan fingerprint density at radius 1 is 1.19 bits per heavy atom. The Hall–Kier alpha value is -2.24. The SMILES string of the molecule is CCCN1CCC(O)(c2ccc(-c3ccnc4[nH]cc(F)c34)cc2)CC1. The van der Waals surface area contributed by atoms with Gasteiger partial charge in [0.05, 0.1) is 11.0 Å². The second-order valence-electron chi connectivity index (χ2n) is 7.17. The smallest absolute Gasteiger partial charge is 0.150 e. The Balaban J connectivity index is 1.60. The summed E-state index contributed by atoms with van der Waals surface area (Å²) in [5, 5.41) is 11.6. The molecular formula is C21H24FN3O. The summed E-state index contributed by atoms with van der Waals surface area (Å²) in [7, 11) is 0. The topological polar surface area (TPSA) is 52.1 Å². The van der Waals surface area contributed by atoms with Gasteiger partial charge in [0.15, 0.2) is 5.82 Å². The van der Waals surface area contributed by atoms with Crippen molar-refractivity contribution in [1.29, 1.82) is 0 Å². The molecule has 1 aliphatic heterocycles. The maximum atomic E-state index is 14.1. The molecule has 3 heterocycles. The monoisotopic (exact) mass is 353 g/mol. The summed E-state index contributed by atoms with van der Waals surface area (Å²) in [6.45, 7) is 5.12. The minimum Gasteiger partial charge on any atom is -0.385 e. The predicted octanol–water partition coefficient (Wildman–Crippen LogP) is 4.06. The zero-order valence-corrected chi connectivity index (χ0v) is 15.0. The summed E-state index contributed by atoms with van der Waals surface area (Å²) < 4.78 is 14.1. The Bertz CT molecular complexity index is 895. The van der Waals surface area contributed by atoms with E-state index in [9.17, 15) is 9.50 Å². The van der Waals surface area contributed by atoms with Gasteiger partial charge in [0.25, 0.3) is 0 Å². The Morgan fingerprint density at radius 3 is 2.62 bits per heavy atom. The minimum absolute atomic E-state index is 0.297. The molecule has 3 aromatic rings. The molecule has 4 rings (SSSR count). The highest BCUT2D eigenvalue weighted by atomic mass is 19.1. The minimum atomic E-state index is -0.768. The first kappa shape index (κ1) is 17.2. The third-order valence-electron chi connectivity index (χ3n) is 5.48. The van der Waals surface area contributed by atoms with Crippen molar-refractivity contribution < 1.29 is 9.50 Å². The number of pyridine rings is 1. The van der Waals surface area contributed by atoms with Crippen LogP contribution < -0.4 is 0 Å². The molecule has 0 spiro atoms. The summed E-state index contributed by atoms with van der Waals surface area (Å²) >= 11 is 0. The zero-order chi connectivity index (χ0) is 18.1. The molecule has 0 amide bonds. The molecule has 2 aromatic heterocycles. The van der Waals surface area contributed by atoms with E-state index in [1.54, 1.807) is 6.20 Å². The second kappa shape index (κ2) is 6.82. The molecular weight excluding hydrogens is 329 g/mol. The number of aromatic amines is 1. The highest BCUT2D eigenvalue weighted by molar-refractivity contribution is 5.93. The van der Waals surface area contributed by atoms with Crippen LogP contribution in [0.25, 0.3) is 22.2 Å². The number of hydrogen-bond acceptors (Lipinski definition) is 3. The summed E-state index contributed by atoms with van der Waals surface area (Å²) in [4.78, 5) is 9.43. The van der Waals surface area contributed by atoms with Gasteiger partial charge < -0.3 is 15.0 Å². The number of rotatable bonds is 4. The molecule has 0 aliphatic carbocycles. The van der Waals surface area contributed by atoms with Crippen LogP contribution in [-0.4, -0.2) is 39.6 Å². The third-order valence-corrected chi connectivity index (χ3v) is 5.48. The molecule has 1 aromatic carbocycles. The molecule has 4 nitrogen and oxygen atoms in total. The molecule has 5 heteroatoms. The second-order valence-corrected chi connectivity index (χ2v) is 7.17. The molecule has 0 radical (unpaired) electrons. The number of aliphatic hydroxyl groups is 1. The summed E-state index contributed by atoms with van der Waals surface area (Å²) in [6, 6.07) is 9.70. The number of piperidine rings is 1. The molecule has 0 saturated carbocycles. The predicted molar refractivity (Wildman–Crippen MR) is 101 cm³/mol. The van der Waals surface area contributed by atoms with Crippen LogP contribution in [-0.2, 0) is 5.60 Å². The first-order valence-corrected chi connectivity index (χ1v) is 9.28. The normalized spacial score (nSPS) is 17.7. The Kier molecular flexibility index (Phi) is 4.51. The van der Waals surface area contributed by atoms with Crippen LogP contribution in [0.1, 0.15) is 31.7 Å². The maximum Gasteiger partial charge on any atom is 0.150 e. The molecule has 0 atom stereocenters. The lowest BCUT2D eigenvalue weighted by molar-refractivity contribution is -0.0257. The van der Waals surface area contributed by atoms with Gasteiger partial charge in [0.1, 0.15) is 5.65 Å². The van der Waals surface area contributed by atoms with Crippen molar-refractivity contribution in [2.45, 2.75) is 31.8 Å². The van der Waals surface area contributed by atoms with Crippen molar-refractivity contribution in [3.63, 3.8) is 0 Å². The maximum absolute atomic E-state index is 14.1. The van der Waals surface area contributed by atoms with Gasteiger partial charge in [-0.05, 0) is 48.6 Å². The van der Waals surface area contributed by atoms with Gasteiger partial charge in [-0.25, -0.2) is 9.37 Å². The van der Waals surface area contributed by atoms with Crippen LogP contribution in [0.5, 0.6) is 0 Å². The van der Waals surface area contributed by atoms with E-state index >= 15 is 0 Å². The van der Waals surface area contributed by atoms with Crippen LogP contribution in [0.2, 0.25) is 0 Å². The van der Waals surface area contributed by atoms with E-state index in [2.05, 4.69) is 21.8 Å². The van der Waals surface area contributed by atoms with Gasteiger partial charge in [0, 0.05) is 25.5 Å².